The Bertz CT molecular complexity index is 305. The number of methoxy groups -OCH3 is 1. The van der Waals surface area contributed by atoms with Crippen molar-refractivity contribution in [3.8, 4) is 5.75 Å². The van der Waals surface area contributed by atoms with Crippen molar-refractivity contribution in [2.24, 2.45) is 0 Å². The van der Waals surface area contributed by atoms with Crippen molar-refractivity contribution in [3.63, 3.8) is 0 Å². The number of aryl methyl sites for hydroxylation is 1. The highest BCUT2D eigenvalue weighted by Gasteiger charge is 1.99. The average Bonchev–Trinajstić information content (AvgIpc) is 2.05. The fourth-order valence-electron chi connectivity index (χ4n) is 0.947. The second-order valence-electron chi connectivity index (χ2n) is 2.47. The quantitative estimate of drug-likeness (QED) is 0.636. The number of carboxylic acids is 1. The predicted octanol–water partition coefficient (Wildman–Crippen LogP) is 0.367. The Morgan fingerprint density at radius 1 is 1.50 bits per heavy atom. The third-order valence-corrected chi connectivity index (χ3v) is 1.64. The largest absolute Gasteiger partial charge is 0.545 e. The Hall–Kier alpha value is -1.51. The predicted molar refractivity (Wildman–Crippen MR) is 42.1 cm³/mol. The van der Waals surface area contributed by atoms with E-state index in [1.54, 1.807) is 6.07 Å². The summed E-state index contributed by atoms with van der Waals surface area (Å²) in [6.45, 7) is 1.85. The Labute approximate surface area is 70.6 Å². The van der Waals surface area contributed by atoms with Crippen LogP contribution in [-0.4, -0.2) is 13.1 Å². The van der Waals surface area contributed by atoms with E-state index in [0.29, 0.717) is 5.75 Å². The molecule has 0 aliphatic carbocycles. The molecule has 0 aliphatic heterocycles. The van der Waals surface area contributed by atoms with Crippen LogP contribution < -0.4 is 9.84 Å². The van der Waals surface area contributed by atoms with Gasteiger partial charge in [-0.1, -0.05) is 12.1 Å². The molecule has 0 amide bonds. The number of carbonyl (C=O) groups is 1. The van der Waals surface area contributed by atoms with Crippen LogP contribution in [0.5, 0.6) is 5.75 Å². The maximum Gasteiger partial charge on any atom is 0.122 e. The van der Waals surface area contributed by atoms with Gasteiger partial charge in [-0.3, -0.25) is 0 Å². The maximum absolute atomic E-state index is 10.4. The number of hydrogen-bond donors (Lipinski definition) is 0. The Kier molecular flexibility index (Phi) is 2.33. The zero-order valence-corrected chi connectivity index (χ0v) is 6.96. The Morgan fingerprint density at radius 2 is 2.17 bits per heavy atom. The third-order valence-electron chi connectivity index (χ3n) is 1.64. The molecular weight excluding hydrogens is 156 g/mol. The maximum atomic E-state index is 10.4. The van der Waals surface area contributed by atoms with Crippen molar-refractivity contribution in [2.45, 2.75) is 6.92 Å². The molecule has 0 aromatic heterocycles. The van der Waals surface area contributed by atoms with Crippen LogP contribution in [0.1, 0.15) is 15.9 Å². The smallest absolute Gasteiger partial charge is 0.122 e. The molecule has 1 rings (SSSR count). The lowest BCUT2D eigenvalue weighted by molar-refractivity contribution is -0.255. The number of aromatic carboxylic acids is 1. The average molecular weight is 165 g/mol. The van der Waals surface area contributed by atoms with Gasteiger partial charge < -0.3 is 14.6 Å². The molecule has 0 heterocycles. The second kappa shape index (κ2) is 3.26. The van der Waals surface area contributed by atoms with E-state index >= 15 is 0 Å². The van der Waals surface area contributed by atoms with E-state index < -0.39 is 5.97 Å². The third kappa shape index (κ3) is 1.56. The minimum atomic E-state index is -1.19. The number of rotatable bonds is 2. The molecule has 0 radical (unpaired) electrons. The van der Waals surface area contributed by atoms with Gasteiger partial charge in [0.1, 0.15) is 5.75 Å². The SMILES string of the molecule is COc1cc(C(=O)[O-])ccc1C. The number of hydrogen-bond acceptors (Lipinski definition) is 3. The van der Waals surface area contributed by atoms with Crippen LogP contribution in [0.4, 0.5) is 0 Å². The number of benzene rings is 1. The molecule has 1 aromatic carbocycles. The van der Waals surface area contributed by atoms with Gasteiger partial charge in [-0.25, -0.2) is 0 Å². The van der Waals surface area contributed by atoms with Gasteiger partial charge in [0.05, 0.1) is 13.1 Å². The number of carbonyl (C=O) groups excluding carboxylic acids is 1. The summed E-state index contributed by atoms with van der Waals surface area (Å²) in [7, 11) is 1.50. The number of ether oxygens (including phenoxy) is 1. The summed E-state index contributed by atoms with van der Waals surface area (Å²) in [5.41, 5.74) is 1.04. The topological polar surface area (TPSA) is 49.4 Å². The van der Waals surface area contributed by atoms with E-state index in [2.05, 4.69) is 0 Å². The minimum absolute atomic E-state index is 0.137. The van der Waals surface area contributed by atoms with Crippen LogP contribution in [0, 0.1) is 6.92 Å². The number of carboxylic acid groups (broad SMARTS) is 1. The van der Waals surface area contributed by atoms with E-state index in [1.165, 1.54) is 19.2 Å². The van der Waals surface area contributed by atoms with Gasteiger partial charge in [0, 0.05) is 5.56 Å². The second-order valence-corrected chi connectivity index (χ2v) is 2.47. The van der Waals surface area contributed by atoms with Crippen molar-refractivity contribution >= 4 is 5.97 Å². The summed E-state index contributed by atoms with van der Waals surface area (Å²) in [6, 6.07) is 4.63. The first-order valence-corrected chi connectivity index (χ1v) is 3.51. The molecule has 3 nitrogen and oxygen atoms in total. The first kappa shape index (κ1) is 8.59. The molecule has 0 bridgehead atoms. The Balaban J connectivity index is 3.13. The minimum Gasteiger partial charge on any atom is -0.545 e. The van der Waals surface area contributed by atoms with Crippen LogP contribution in [0.2, 0.25) is 0 Å². The van der Waals surface area contributed by atoms with Gasteiger partial charge in [-0.05, 0) is 18.6 Å². The van der Waals surface area contributed by atoms with E-state index in [-0.39, 0.29) is 5.56 Å². The van der Waals surface area contributed by atoms with Crippen LogP contribution in [0.15, 0.2) is 18.2 Å². The normalized spacial score (nSPS) is 9.50. The Morgan fingerprint density at radius 3 is 2.67 bits per heavy atom. The first-order valence-electron chi connectivity index (χ1n) is 3.51. The van der Waals surface area contributed by atoms with Crippen molar-refractivity contribution in [1.29, 1.82) is 0 Å². The zero-order valence-electron chi connectivity index (χ0n) is 6.96. The summed E-state index contributed by atoms with van der Waals surface area (Å²) in [5, 5.41) is 10.4. The van der Waals surface area contributed by atoms with E-state index in [0.717, 1.165) is 5.56 Å². The lowest BCUT2D eigenvalue weighted by atomic mass is 10.1. The van der Waals surface area contributed by atoms with Crippen molar-refractivity contribution in [1.82, 2.24) is 0 Å². The van der Waals surface area contributed by atoms with Gasteiger partial charge >= 0.3 is 0 Å². The lowest BCUT2D eigenvalue weighted by Gasteiger charge is -2.07. The summed E-state index contributed by atoms with van der Waals surface area (Å²) >= 11 is 0. The highest BCUT2D eigenvalue weighted by atomic mass is 16.5. The van der Waals surface area contributed by atoms with E-state index in [4.69, 9.17) is 4.74 Å². The fourth-order valence-corrected chi connectivity index (χ4v) is 0.947. The summed E-state index contributed by atoms with van der Waals surface area (Å²) < 4.78 is 4.94. The van der Waals surface area contributed by atoms with E-state index in [9.17, 15) is 9.90 Å². The van der Waals surface area contributed by atoms with Gasteiger partial charge in [-0.2, -0.15) is 0 Å². The van der Waals surface area contributed by atoms with Crippen molar-refractivity contribution in [3.05, 3.63) is 29.3 Å². The molecule has 0 N–H and O–H groups in total. The molecule has 0 atom stereocenters. The molecule has 12 heavy (non-hydrogen) atoms. The lowest BCUT2D eigenvalue weighted by Crippen LogP contribution is -2.22. The van der Waals surface area contributed by atoms with Crippen LogP contribution in [0.3, 0.4) is 0 Å². The fraction of sp³-hybridized carbons (Fsp3) is 0.222. The van der Waals surface area contributed by atoms with Gasteiger partial charge in [0.15, 0.2) is 0 Å². The molecule has 0 spiro atoms. The molecule has 0 unspecified atom stereocenters. The molecular formula is C9H9O3-. The summed E-state index contributed by atoms with van der Waals surface area (Å²) in [5.74, 6) is -0.620. The van der Waals surface area contributed by atoms with Crippen LogP contribution in [-0.2, 0) is 0 Å². The molecule has 0 saturated carbocycles. The van der Waals surface area contributed by atoms with Crippen LogP contribution >= 0.6 is 0 Å². The summed E-state index contributed by atoms with van der Waals surface area (Å²) in [6.07, 6.45) is 0. The van der Waals surface area contributed by atoms with E-state index in [1.807, 2.05) is 6.92 Å². The van der Waals surface area contributed by atoms with Crippen molar-refractivity contribution < 1.29 is 14.6 Å². The molecule has 1 aromatic rings. The summed E-state index contributed by atoms with van der Waals surface area (Å²) in [4.78, 5) is 10.4. The highest BCUT2D eigenvalue weighted by Crippen LogP contribution is 2.18. The van der Waals surface area contributed by atoms with Crippen molar-refractivity contribution in [2.75, 3.05) is 7.11 Å². The standard InChI is InChI=1S/C9H10O3/c1-6-3-4-7(9(10)11)5-8(6)12-2/h3-5H,1-2H3,(H,10,11)/p-1. The first-order chi connectivity index (χ1) is 5.65. The molecule has 0 aliphatic rings. The molecule has 64 valence electrons. The molecule has 0 fully saturated rings. The molecule has 0 saturated heterocycles. The zero-order chi connectivity index (χ0) is 9.14. The van der Waals surface area contributed by atoms with Gasteiger partial charge in [-0.15, -0.1) is 0 Å². The monoisotopic (exact) mass is 165 g/mol. The highest BCUT2D eigenvalue weighted by molar-refractivity contribution is 5.86. The van der Waals surface area contributed by atoms with Gasteiger partial charge in [0.2, 0.25) is 0 Å². The van der Waals surface area contributed by atoms with Crippen LogP contribution in [0.25, 0.3) is 0 Å². The molecule has 3 heteroatoms. The van der Waals surface area contributed by atoms with Gasteiger partial charge in [0.25, 0.3) is 0 Å².